The Morgan fingerprint density at radius 2 is 1.88 bits per heavy atom. The maximum atomic E-state index is 13.0. The molecule has 182 valence electrons. The highest BCUT2D eigenvalue weighted by Gasteiger charge is 2.26. The summed E-state index contributed by atoms with van der Waals surface area (Å²) in [5.74, 6) is -1.09. The summed E-state index contributed by atoms with van der Waals surface area (Å²) in [6.45, 7) is 1.95. The van der Waals surface area contributed by atoms with Gasteiger partial charge in [-0.1, -0.05) is 0 Å². The van der Waals surface area contributed by atoms with Crippen LogP contribution in [0.2, 0.25) is 0 Å². The maximum Gasteiger partial charge on any atom is 0.419 e. The molecular weight excluding hydrogens is 482 g/mol. The normalized spacial score (nSPS) is 12.4. The molecule has 10 nitrogen and oxygen atoms in total. The molecule has 0 aliphatic carbocycles. The van der Waals surface area contributed by atoms with Crippen molar-refractivity contribution in [3.8, 4) is 0 Å². The average Bonchev–Trinajstić information content (AvgIpc) is 3.10. The van der Waals surface area contributed by atoms with Crippen molar-refractivity contribution >= 4 is 50.4 Å². The van der Waals surface area contributed by atoms with Crippen LogP contribution in [0.15, 0.2) is 56.6 Å². The molecule has 0 bridgehead atoms. The summed E-state index contributed by atoms with van der Waals surface area (Å²) in [5.41, 5.74) is 1.32. The minimum Gasteiger partial charge on any atom is -0.462 e. The molecule has 2 N–H and O–H groups in total. The molecule has 0 saturated carbocycles. The summed E-state index contributed by atoms with van der Waals surface area (Å²) in [7, 11) is -2.58. The van der Waals surface area contributed by atoms with E-state index in [9.17, 15) is 22.8 Å². The molecule has 1 atom stereocenters. The number of ether oxygens (including phenoxy) is 1. The number of oxazole rings is 1. The Bertz CT molecular complexity index is 1350. The Morgan fingerprint density at radius 3 is 2.53 bits per heavy atom. The van der Waals surface area contributed by atoms with Gasteiger partial charge in [0.1, 0.15) is 6.04 Å². The predicted octanol–water partition coefficient (Wildman–Crippen LogP) is 2.35. The summed E-state index contributed by atoms with van der Waals surface area (Å²) in [6, 6.07) is 9.10. The molecule has 0 saturated heterocycles. The van der Waals surface area contributed by atoms with E-state index in [4.69, 9.17) is 9.15 Å². The van der Waals surface area contributed by atoms with Crippen LogP contribution in [0.1, 0.15) is 23.7 Å². The number of hydrogen-bond donors (Lipinski definition) is 2. The molecule has 34 heavy (non-hydrogen) atoms. The summed E-state index contributed by atoms with van der Waals surface area (Å²) >= 11 is 1.47. The molecule has 1 aromatic heterocycles. The molecule has 0 spiro atoms. The topological polar surface area (TPSA) is 137 Å². The number of nitrogens with one attached hydrogen (secondary N) is 2. The van der Waals surface area contributed by atoms with Gasteiger partial charge in [0.2, 0.25) is 15.9 Å². The highest BCUT2D eigenvalue weighted by atomic mass is 32.2. The molecular formula is C22H25N3O7S2. The zero-order valence-electron chi connectivity index (χ0n) is 18.9. The lowest BCUT2D eigenvalue weighted by Gasteiger charge is -2.18. The van der Waals surface area contributed by atoms with Gasteiger partial charge in [-0.3, -0.25) is 9.36 Å². The van der Waals surface area contributed by atoms with Gasteiger partial charge in [0.15, 0.2) is 5.58 Å². The molecule has 0 aliphatic heterocycles. The lowest BCUT2D eigenvalue weighted by atomic mass is 10.2. The molecule has 2 aromatic carbocycles. The Labute approximate surface area is 200 Å². The number of aryl methyl sites for hydroxylation is 1. The number of benzene rings is 2. The average molecular weight is 508 g/mol. The van der Waals surface area contributed by atoms with Crippen LogP contribution in [0.25, 0.3) is 11.1 Å². The van der Waals surface area contributed by atoms with E-state index < -0.39 is 33.7 Å². The number of nitrogens with zero attached hydrogens (tertiary/aromatic N) is 1. The predicted molar refractivity (Wildman–Crippen MR) is 130 cm³/mol. The molecule has 3 rings (SSSR count). The number of amides is 1. The fraction of sp³-hybridized carbons (Fsp3) is 0.318. The molecule has 1 unspecified atom stereocenters. The van der Waals surface area contributed by atoms with Crippen molar-refractivity contribution in [2.24, 2.45) is 7.05 Å². The van der Waals surface area contributed by atoms with Crippen LogP contribution in [-0.4, -0.2) is 49.5 Å². The molecule has 1 amide bonds. The molecule has 12 heteroatoms. The summed E-state index contributed by atoms with van der Waals surface area (Å²) in [5, 5.41) is 2.67. The van der Waals surface area contributed by atoms with Crippen LogP contribution >= 0.6 is 11.8 Å². The van der Waals surface area contributed by atoms with Crippen molar-refractivity contribution in [2.45, 2.75) is 24.3 Å². The van der Waals surface area contributed by atoms with Crippen LogP contribution < -0.4 is 15.8 Å². The van der Waals surface area contributed by atoms with Crippen LogP contribution in [-0.2, 0) is 26.6 Å². The molecule has 0 fully saturated rings. The molecule has 3 aromatic rings. The van der Waals surface area contributed by atoms with E-state index in [2.05, 4.69) is 10.0 Å². The highest BCUT2D eigenvalue weighted by Crippen LogP contribution is 2.19. The summed E-state index contributed by atoms with van der Waals surface area (Å²) in [4.78, 5) is 36.3. The van der Waals surface area contributed by atoms with Gasteiger partial charge in [0.05, 0.1) is 22.6 Å². The maximum absolute atomic E-state index is 13.0. The fourth-order valence-electron chi connectivity index (χ4n) is 3.15. The number of aromatic nitrogens is 1. The van der Waals surface area contributed by atoms with Gasteiger partial charge in [-0.25, -0.2) is 18.0 Å². The van der Waals surface area contributed by atoms with Crippen molar-refractivity contribution in [3.63, 3.8) is 0 Å². The lowest BCUT2D eigenvalue weighted by molar-refractivity contribution is -0.117. The second kappa shape index (κ2) is 10.9. The van der Waals surface area contributed by atoms with Gasteiger partial charge in [-0.15, -0.1) is 0 Å². The van der Waals surface area contributed by atoms with Gasteiger partial charge in [0.25, 0.3) is 0 Å². The molecule has 0 aliphatic rings. The summed E-state index contributed by atoms with van der Waals surface area (Å²) in [6.07, 6.45) is 2.10. The number of esters is 1. The Hall–Kier alpha value is -3.09. The zero-order valence-corrected chi connectivity index (χ0v) is 20.5. The standard InChI is InChI=1S/C22H25N3O7S2/c1-4-31-21(27)14-5-7-15(8-6-14)23-20(26)17(11-12-33-3)24-34(29,30)16-9-10-18-19(13-16)32-22(28)25(18)2/h5-10,13,17,24H,4,11-12H2,1-3H3,(H,23,26). The first-order valence-electron chi connectivity index (χ1n) is 10.3. The first kappa shape index (κ1) is 25.5. The van der Waals surface area contributed by atoms with E-state index in [1.807, 2.05) is 6.26 Å². The smallest absolute Gasteiger partial charge is 0.419 e. The highest BCUT2D eigenvalue weighted by molar-refractivity contribution is 7.98. The van der Waals surface area contributed by atoms with Crippen molar-refractivity contribution in [1.82, 2.24) is 9.29 Å². The number of rotatable bonds is 10. The number of sulfonamides is 1. The third kappa shape index (κ3) is 5.88. The lowest BCUT2D eigenvalue weighted by Crippen LogP contribution is -2.44. The van der Waals surface area contributed by atoms with Crippen LogP contribution in [0.4, 0.5) is 5.69 Å². The van der Waals surface area contributed by atoms with Crippen molar-refractivity contribution in [3.05, 3.63) is 58.6 Å². The Morgan fingerprint density at radius 1 is 1.18 bits per heavy atom. The van der Waals surface area contributed by atoms with Crippen LogP contribution in [0.3, 0.4) is 0 Å². The van der Waals surface area contributed by atoms with Crippen LogP contribution in [0, 0.1) is 0 Å². The van der Waals surface area contributed by atoms with Crippen molar-refractivity contribution < 1.29 is 27.2 Å². The second-order valence-corrected chi connectivity index (χ2v) is 10.00. The minimum atomic E-state index is -4.10. The quantitative estimate of drug-likeness (QED) is 0.399. The number of carbonyl (C=O) groups is 2. The fourth-order valence-corrected chi connectivity index (χ4v) is 4.87. The summed E-state index contributed by atoms with van der Waals surface area (Å²) < 4.78 is 39.7. The molecule has 1 heterocycles. The Kier molecular flexibility index (Phi) is 8.18. The van der Waals surface area contributed by atoms with E-state index in [0.717, 1.165) is 0 Å². The number of hydrogen-bond acceptors (Lipinski definition) is 8. The van der Waals surface area contributed by atoms with E-state index >= 15 is 0 Å². The number of carbonyl (C=O) groups excluding carboxylic acids is 2. The van der Waals surface area contributed by atoms with Crippen molar-refractivity contribution in [2.75, 3.05) is 23.9 Å². The largest absolute Gasteiger partial charge is 0.462 e. The van der Waals surface area contributed by atoms with Crippen LogP contribution in [0.5, 0.6) is 0 Å². The van der Waals surface area contributed by atoms with E-state index in [1.54, 1.807) is 6.92 Å². The van der Waals surface area contributed by atoms with Gasteiger partial charge in [0, 0.05) is 18.8 Å². The first-order valence-corrected chi connectivity index (χ1v) is 13.2. The minimum absolute atomic E-state index is 0.127. The monoisotopic (exact) mass is 507 g/mol. The Balaban J connectivity index is 1.78. The molecule has 0 radical (unpaired) electrons. The van der Waals surface area contributed by atoms with Gasteiger partial charge < -0.3 is 14.5 Å². The number of fused-ring (bicyclic) bond motifs is 1. The van der Waals surface area contributed by atoms with Gasteiger partial charge >= 0.3 is 11.7 Å². The van der Waals surface area contributed by atoms with Crippen molar-refractivity contribution in [1.29, 1.82) is 0 Å². The third-order valence-electron chi connectivity index (χ3n) is 4.96. The number of thioether (sulfide) groups is 1. The third-order valence-corrected chi connectivity index (χ3v) is 7.08. The van der Waals surface area contributed by atoms with Gasteiger partial charge in [-0.05, 0) is 61.8 Å². The second-order valence-electron chi connectivity index (χ2n) is 7.30. The SMILES string of the molecule is CCOC(=O)c1ccc(NC(=O)C(CCSC)NS(=O)(=O)c2ccc3c(c2)oc(=O)n3C)cc1. The zero-order chi connectivity index (χ0) is 24.9. The van der Waals surface area contributed by atoms with E-state index in [1.165, 1.54) is 65.8 Å². The van der Waals surface area contributed by atoms with E-state index in [0.29, 0.717) is 22.5 Å². The van der Waals surface area contributed by atoms with Gasteiger partial charge in [-0.2, -0.15) is 16.5 Å². The number of anilines is 1. The van der Waals surface area contributed by atoms with E-state index in [-0.39, 0.29) is 23.5 Å². The first-order chi connectivity index (χ1) is 16.2.